The first-order valence-electron chi connectivity index (χ1n) is 12.5. The minimum Gasteiger partial charge on any atom is -0.493 e. The summed E-state index contributed by atoms with van der Waals surface area (Å²) in [5.74, 6) is 1.16. The van der Waals surface area contributed by atoms with E-state index in [0.29, 0.717) is 41.0 Å². The molecule has 6 nitrogen and oxygen atoms in total. The molecular weight excluding hydrogens is 466 g/mol. The van der Waals surface area contributed by atoms with Gasteiger partial charge in [-0.3, -0.25) is 9.59 Å². The second-order valence-corrected chi connectivity index (χ2v) is 9.57. The monoisotopic (exact) mass is 497 g/mol. The Hall–Kier alpha value is -4.06. The molecule has 4 aromatic rings. The van der Waals surface area contributed by atoms with Crippen LogP contribution in [0.1, 0.15) is 56.9 Å². The summed E-state index contributed by atoms with van der Waals surface area (Å²) in [5, 5.41) is 0.515. The molecule has 0 aliphatic carbocycles. The van der Waals surface area contributed by atoms with E-state index in [-0.39, 0.29) is 17.1 Å². The van der Waals surface area contributed by atoms with Crippen molar-refractivity contribution in [3.8, 4) is 11.5 Å². The molecule has 37 heavy (non-hydrogen) atoms. The van der Waals surface area contributed by atoms with Crippen molar-refractivity contribution in [3.05, 3.63) is 104 Å². The Morgan fingerprint density at radius 3 is 2.27 bits per heavy atom. The Morgan fingerprint density at radius 2 is 1.59 bits per heavy atom. The number of benzene rings is 3. The van der Waals surface area contributed by atoms with Gasteiger partial charge in [-0.1, -0.05) is 43.3 Å². The molecule has 1 amide bonds. The van der Waals surface area contributed by atoms with Crippen molar-refractivity contribution in [2.45, 2.75) is 39.7 Å². The topological polar surface area (TPSA) is 69.0 Å². The van der Waals surface area contributed by atoms with Crippen molar-refractivity contribution in [2.24, 2.45) is 0 Å². The Kier molecular flexibility index (Phi) is 6.50. The summed E-state index contributed by atoms with van der Waals surface area (Å²) in [4.78, 5) is 29.4. The molecule has 1 atom stereocenters. The van der Waals surface area contributed by atoms with Gasteiger partial charge in [-0.05, 0) is 72.7 Å². The Balaban J connectivity index is 1.61. The van der Waals surface area contributed by atoms with Gasteiger partial charge in [0.25, 0.3) is 5.91 Å². The van der Waals surface area contributed by atoms with E-state index >= 15 is 0 Å². The minimum atomic E-state index is -0.519. The number of aryl methyl sites for hydroxylation is 3. The van der Waals surface area contributed by atoms with Crippen LogP contribution in [0.2, 0.25) is 0 Å². The average Bonchev–Trinajstić information content (AvgIpc) is 3.19. The molecule has 0 saturated carbocycles. The summed E-state index contributed by atoms with van der Waals surface area (Å²) in [6.07, 6.45) is 1.49. The number of methoxy groups -OCH3 is 2. The zero-order valence-electron chi connectivity index (χ0n) is 21.9. The fourth-order valence-corrected chi connectivity index (χ4v) is 5.27. The van der Waals surface area contributed by atoms with Gasteiger partial charge in [0, 0.05) is 6.54 Å². The summed E-state index contributed by atoms with van der Waals surface area (Å²) in [7, 11) is 3.20. The van der Waals surface area contributed by atoms with Crippen LogP contribution in [0.3, 0.4) is 0 Å². The summed E-state index contributed by atoms with van der Waals surface area (Å²) >= 11 is 0. The van der Waals surface area contributed by atoms with Gasteiger partial charge in [-0.25, -0.2) is 0 Å². The molecule has 0 radical (unpaired) electrons. The Morgan fingerprint density at radius 1 is 0.892 bits per heavy atom. The highest BCUT2D eigenvalue weighted by Gasteiger charge is 2.42. The molecule has 5 rings (SSSR count). The molecule has 1 aliphatic heterocycles. The van der Waals surface area contributed by atoms with Crippen molar-refractivity contribution in [1.82, 2.24) is 4.90 Å². The number of hydrogen-bond acceptors (Lipinski definition) is 5. The van der Waals surface area contributed by atoms with Crippen LogP contribution in [-0.4, -0.2) is 31.6 Å². The van der Waals surface area contributed by atoms with Crippen molar-refractivity contribution >= 4 is 16.9 Å². The van der Waals surface area contributed by atoms with Gasteiger partial charge in [0.2, 0.25) is 5.76 Å². The highest BCUT2D eigenvalue weighted by molar-refractivity contribution is 5.99. The largest absolute Gasteiger partial charge is 0.493 e. The van der Waals surface area contributed by atoms with E-state index in [1.54, 1.807) is 19.1 Å². The molecule has 0 fully saturated rings. The second kappa shape index (κ2) is 9.77. The number of carbonyl (C=O) groups is 1. The Labute approximate surface area is 216 Å². The van der Waals surface area contributed by atoms with E-state index in [2.05, 4.69) is 19.1 Å². The van der Waals surface area contributed by atoms with E-state index < -0.39 is 6.04 Å². The first-order chi connectivity index (χ1) is 17.9. The SMILES string of the molecule is CCc1ccc([C@@H]2c3c(oc4c(C)cc(C)cc4c3=O)C(=O)N2CCc2ccc(OC)c(OC)c2)cc1. The van der Waals surface area contributed by atoms with Crippen molar-refractivity contribution in [3.63, 3.8) is 0 Å². The van der Waals surface area contributed by atoms with Crippen LogP contribution < -0.4 is 14.9 Å². The zero-order chi connectivity index (χ0) is 26.3. The molecule has 0 bridgehead atoms. The summed E-state index contributed by atoms with van der Waals surface area (Å²) in [6.45, 7) is 6.37. The van der Waals surface area contributed by atoms with Gasteiger partial charge in [0.1, 0.15) is 5.58 Å². The third-order valence-corrected chi connectivity index (χ3v) is 7.19. The molecular formula is C31H31NO5. The predicted octanol–water partition coefficient (Wildman–Crippen LogP) is 5.78. The van der Waals surface area contributed by atoms with Crippen molar-refractivity contribution in [2.75, 3.05) is 20.8 Å². The van der Waals surface area contributed by atoms with Crippen LogP contribution in [0.25, 0.3) is 11.0 Å². The minimum absolute atomic E-state index is 0.140. The van der Waals surface area contributed by atoms with Crippen LogP contribution in [0.4, 0.5) is 0 Å². The second-order valence-electron chi connectivity index (χ2n) is 9.57. The quantitative estimate of drug-likeness (QED) is 0.324. The van der Waals surface area contributed by atoms with Crippen LogP contribution >= 0.6 is 0 Å². The molecule has 190 valence electrons. The first kappa shape index (κ1) is 24.6. The zero-order valence-corrected chi connectivity index (χ0v) is 21.9. The van der Waals surface area contributed by atoms with E-state index in [4.69, 9.17) is 13.9 Å². The molecule has 0 unspecified atom stereocenters. The number of hydrogen-bond donors (Lipinski definition) is 0. The normalized spacial score (nSPS) is 14.8. The summed E-state index contributed by atoms with van der Waals surface area (Å²) in [5.41, 5.74) is 5.66. The first-order valence-corrected chi connectivity index (χ1v) is 12.5. The maximum Gasteiger partial charge on any atom is 0.290 e. The number of rotatable bonds is 7. The summed E-state index contributed by atoms with van der Waals surface area (Å²) in [6, 6.07) is 17.2. The fourth-order valence-electron chi connectivity index (χ4n) is 5.27. The van der Waals surface area contributed by atoms with Gasteiger partial charge < -0.3 is 18.8 Å². The van der Waals surface area contributed by atoms with Crippen LogP contribution in [-0.2, 0) is 12.8 Å². The molecule has 0 spiro atoms. The smallest absolute Gasteiger partial charge is 0.290 e. The van der Waals surface area contributed by atoms with Crippen LogP contribution in [0.5, 0.6) is 11.5 Å². The number of amides is 1. The van der Waals surface area contributed by atoms with Gasteiger partial charge in [0.15, 0.2) is 16.9 Å². The van der Waals surface area contributed by atoms with E-state index in [1.165, 1.54) is 5.56 Å². The average molecular weight is 498 g/mol. The van der Waals surface area contributed by atoms with Crippen molar-refractivity contribution < 1.29 is 18.7 Å². The highest BCUT2D eigenvalue weighted by atomic mass is 16.5. The highest BCUT2D eigenvalue weighted by Crippen LogP contribution is 2.39. The lowest BCUT2D eigenvalue weighted by Gasteiger charge is -2.25. The molecule has 6 heteroatoms. The molecule has 1 aromatic heterocycles. The molecule has 2 heterocycles. The molecule has 3 aromatic carbocycles. The maximum atomic E-state index is 13.9. The standard InChI is InChI=1S/C31H31NO5/c1-6-20-7-10-22(11-8-20)27-26-28(33)23-16-18(2)15-19(3)29(23)37-30(26)31(34)32(27)14-13-21-9-12-24(35-4)25(17-21)36-5/h7-12,15-17,27H,6,13-14H2,1-5H3/t27-/m1/s1. The molecule has 1 aliphatic rings. The number of carbonyl (C=O) groups excluding carboxylic acids is 1. The van der Waals surface area contributed by atoms with Gasteiger partial charge in [0.05, 0.1) is 31.2 Å². The number of ether oxygens (including phenoxy) is 2. The lowest BCUT2D eigenvalue weighted by Crippen LogP contribution is -2.31. The molecule has 0 N–H and O–H groups in total. The number of fused-ring (bicyclic) bond motifs is 2. The lowest BCUT2D eigenvalue weighted by atomic mass is 9.96. The van der Waals surface area contributed by atoms with E-state index in [1.807, 2.05) is 56.3 Å². The predicted molar refractivity (Wildman–Crippen MR) is 144 cm³/mol. The van der Waals surface area contributed by atoms with Gasteiger partial charge >= 0.3 is 0 Å². The molecule has 0 saturated heterocycles. The third-order valence-electron chi connectivity index (χ3n) is 7.19. The fraction of sp³-hybridized carbons (Fsp3) is 0.290. The maximum absolute atomic E-state index is 13.9. The summed E-state index contributed by atoms with van der Waals surface area (Å²) < 4.78 is 17.0. The van der Waals surface area contributed by atoms with Crippen LogP contribution in [0, 0.1) is 13.8 Å². The van der Waals surface area contributed by atoms with Gasteiger partial charge in [-0.2, -0.15) is 0 Å². The van der Waals surface area contributed by atoms with Gasteiger partial charge in [-0.15, -0.1) is 0 Å². The number of nitrogens with zero attached hydrogens (tertiary/aromatic N) is 1. The van der Waals surface area contributed by atoms with E-state index in [9.17, 15) is 9.59 Å². The lowest BCUT2D eigenvalue weighted by molar-refractivity contribution is 0.0730. The third kappa shape index (κ3) is 4.26. The van der Waals surface area contributed by atoms with Crippen molar-refractivity contribution in [1.29, 1.82) is 0 Å². The Bertz CT molecular complexity index is 1550. The van der Waals surface area contributed by atoms with Crippen LogP contribution in [0.15, 0.2) is 63.8 Å². The van der Waals surface area contributed by atoms with E-state index in [0.717, 1.165) is 28.7 Å².